The van der Waals surface area contributed by atoms with Crippen LogP contribution in [-0.2, 0) is 0 Å². The number of hydrogen-bond acceptors (Lipinski definition) is 3. The summed E-state index contributed by atoms with van der Waals surface area (Å²) in [6.45, 7) is 16.3. The third kappa shape index (κ3) is 3.44. The summed E-state index contributed by atoms with van der Waals surface area (Å²) in [7, 11) is 2.23. The van der Waals surface area contributed by atoms with Gasteiger partial charge in [-0.05, 0) is 41.7 Å². The van der Waals surface area contributed by atoms with Gasteiger partial charge in [0.1, 0.15) is 0 Å². The van der Waals surface area contributed by atoms with Crippen molar-refractivity contribution in [1.29, 1.82) is 0 Å². The molecule has 0 unspecified atom stereocenters. The van der Waals surface area contributed by atoms with E-state index in [4.69, 9.17) is 0 Å². The zero-order valence-electron chi connectivity index (χ0n) is 11.9. The van der Waals surface area contributed by atoms with Gasteiger partial charge >= 0.3 is 0 Å². The quantitative estimate of drug-likeness (QED) is 0.711. The van der Waals surface area contributed by atoms with Gasteiger partial charge in [-0.2, -0.15) is 0 Å². The Morgan fingerprint density at radius 3 is 1.50 bits per heavy atom. The monoisotopic (exact) mass is 227 g/mol. The second-order valence-corrected chi connectivity index (χ2v) is 5.60. The Bertz CT molecular complexity index is 183. The highest BCUT2D eigenvalue weighted by Crippen LogP contribution is 2.15. The molecule has 1 aliphatic rings. The van der Waals surface area contributed by atoms with Crippen molar-refractivity contribution in [2.24, 2.45) is 0 Å². The van der Waals surface area contributed by atoms with E-state index < -0.39 is 0 Å². The van der Waals surface area contributed by atoms with E-state index in [0.29, 0.717) is 18.2 Å². The van der Waals surface area contributed by atoms with E-state index >= 15 is 0 Å². The van der Waals surface area contributed by atoms with Crippen LogP contribution in [0.1, 0.15) is 34.6 Å². The number of likely N-dealkylation sites (N-methyl/N-ethyl adjacent to an activating group) is 1. The third-order valence-electron chi connectivity index (χ3n) is 3.77. The van der Waals surface area contributed by atoms with Crippen molar-refractivity contribution in [3.8, 4) is 0 Å². The molecule has 1 rings (SSSR count). The Morgan fingerprint density at radius 1 is 0.812 bits per heavy atom. The van der Waals surface area contributed by atoms with Crippen LogP contribution >= 0.6 is 0 Å². The molecule has 3 heteroatoms. The van der Waals surface area contributed by atoms with E-state index in [9.17, 15) is 0 Å². The average Bonchev–Trinajstić information content (AvgIpc) is 2.14. The second-order valence-electron chi connectivity index (χ2n) is 5.60. The third-order valence-corrected chi connectivity index (χ3v) is 3.77. The highest BCUT2D eigenvalue weighted by molar-refractivity contribution is 4.79. The maximum Gasteiger partial charge on any atom is 0.0598 e. The summed E-state index contributed by atoms with van der Waals surface area (Å²) in [5, 5.41) is 0. The van der Waals surface area contributed by atoms with Crippen LogP contribution in [-0.4, -0.2) is 66.2 Å². The molecule has 1 aliphatic heterocycles. The van der Waals surface area contributed by atoms with E-state index in [0.717, 1.165) is 0 Å². The molecule has 0 radical (unpaired) electrons. The van der Waals surface area contributed by atoms with Gasteiger partial charge < -0.3 is 4.90 Å². The Balaban J connectivity index is 2.76. The van der Waals surface area contributed by atoms with Gasteiger partial charge in [0.25, 0.3) is 0 Å². The molecule has 0 aromatic rings. The molecule has 1 heterocycles. The fourth-order valence-electron chi connectivity index (χ4n) is 2.63. The van der Waals surface area contributed by atoms with Gasteiger partial charge in [0.15, 0.2) is 0 Å². The number of nitrogens with zero attached hydrogens (tertiary/aromatic N) is 3. The minimum atomic E-state index is 0.564. The highest BCUT2D eigenvalue weighted by atomic mass is 15.4. The van der Waals surface area contributed by atoms with Gasteiger partial charge in [0.05, 0.1) is 6.17 Å². The van der Waals surface area contributed by atoms with E-state index in [2.05, 4.69) is 56.4 Å². The highest BCUT2D eigenvalue weighted by Gasteiger charge is 2.27. The summed E-state index contributed by atoms with van der Waals surface area (Å²) in [5.41, 5.74) is 0. The summed E-state index contributed by atoms with van der Waals surface area (Å²) in [5.74, 6) is 0. The summed E-state index contributed by atoms with van der Waals surface area (Å²) < 4.78 is 0. The van der Waals surface area contributed by atoms with E-state index in [1.807, 2.05) is 0 Å². The normalized spacial score (nSPS) is 24.0. The first kappa shape index (κ1) is 13.9. The SMILES string of the molecule is CC(C)N1CCN(C)CCN(C(C)C)C1C. The molecule has 1 fully saturated rings. The Labute approximate surface area is 101 Å². The van der Waals surface area contributed by atoms with Gasteiger partial charge in [-0.3, -0.25) is 9.80 Å². The van der Waals surface area contributed by atoms with Crippen LogP contribution < -0.4 is 0 Å². The first-order valence-electron chi connectivity index (χ1n) is 6.63. The molecule has 0 spiro atoms. The van der Waals surface area contributed by atoms with Crippen molar-refractivity contribution < 1.29 is 0 Å². The predicted octanol–water partition coefficient (Wildman–Crippen LogP) is 1.70. The van der Waals surface area contributed by atoms with Crippen LogP contribution in [0.5, 0.6) is 0 Å². The minimum absolute atomic E-state index is 0.564. The Hall–Kier alpha value is -0.120. The topological polar surface area (TPSA) is 9.72 Å². The lowest BCUT2D eigenvalue weighted by Gasteiger charge is -2.45. The largest absolute Gasteiger partial charge is 0.304 e. The summed E-state index contributed by atoms with van der Waals surface area (Å²) in [6, 6.07) is 1.26. The van der Waals surface area contributed by atoms with Crippen LogP contribution in [0, 0.1) is 0 Å². The summed E-state index contributed by atoms with van der Waals surface area (Å²) in [4.78, 5) is 7.65. The van der Waals surface area contributed by atoms with Crippen molar-refractivity contribution in [2.75, 3.05) is 33.2 Å². The number of hydrogen-bond donors (Lipinski definition) is 0. The molecule has 0 amide bonds. The lowest BCUT2D eigenvalue weighted by Crippen LogP contribution is -2.57. The van der Waals surface area contributed by atoms with Crippen molar-refractivity contribution in [2.45, 2.75) is 52.9 Å². The zero-order valence-corrected chi connectivity index (χ0v) is 11.9. The molecule has 0 atom stereocenters. The van der Waals surface area contributed by atoms with Crippen molar-refractivity contribution in [3.63, 3.8) is 0 Å². The van der Waals surface area contributed by atoms with Gasteiger partial charge in [-0.15, -0.1) is 0 Å². The first-order valence-corrected chi connectivity index (χ1v) is 6.63. The van der Waals surface area contributed by atoms with Crippen molar-refractivity contribution >= 4 is 0 Å². The second kappa shape index (κ2) is 5.99. The maximum absolute atomic E-state index is 2.61. The lowest BCUT2D eigenvalue weighted by molar-refractivity contribution is -0.0107. The van der Waals surface area contributed by atoms with Crippen LogP contribution in [0.15, 0.2) is 0 Å². The Kier molecular flexibility index (Phi) is 5.22. The summed E-state index contributed by atoms with van der Waals surface area (Å²) >= 11 is 0. The molecule has 0 aromatic carbocycles. The predicted molar refractivity (Wildman–Crippen MR) is 70.6 cm³/mol. The molecular weight excluding hydrogens is 198 g/mol. The standard InChI is InChI=1S/C13H29N3/c1-11(2)15-9-7-14(6)8-10-16(12(3)4)13(15)5/h11-13H,7-10H2,1-6H3. The van der Waals surface area contributed by atoms with Crippen molar-refractivity contribution in [1.82, 2.24) is 14.7 Å². The molecule has 1 saturated heterocycles. The van der Waals surface area contributed by atoms with Crippen LogP contribution in [0.25, 0.3) is 0 Å². The molecule has 16 heavy (non-hydrogen) atoms. The molecular formula is C13H29N3. The van der Waals surface area contributed by atoms with Gasteiger partial charge in [-0.1, -0.05) is 0 Å². The van der Waals surface area contributed by atoms with Crippen LogP contribution in [0.4, 0.5) is 0 Å². The fraction of sp³-hybridized carbons (Fsp3) is 1.00. The molecule has 96 valence electrons. The smallest absolute Gasteiger partial charge is 0.0598 e. The van der Waals surface area contributed by atoms with Gasteiger partial charge in [-0.25, -0.2) is 0 Å². The lowest BCUT2D eigenvalue weighted by atomic mass is 10.2. The van der Waals surface area contributed by atoms with Gasteiger partial charge in [0.2, 0.25) is 0 Å². The molecule has 0 saturated carbocycles. The average molecular weight is 227 g/mol. The van der Waals surface area contributed by atoms with Crippen molar-refractivity contribution in [3.05, 3.63) is 0 Å². The number of rotatable bonds is 2. The van der Waals surface area contributed by atoms with Crippen LogP contribution in [0.3, 0.4) is 0 Å². The minimum Gasteiger partial charge on any atom is -0.304 e. The van der Waals surface area contributed by atoms with Crippen LogP contribution in [0.2, 0.25) is 0 Å². The Morgan fingerprint density at radius 2 is 1.19 bits per heavy atom. The van der Waals surface area contributed by atoms with Gasteiger partial charge in [0, 0.05) is 38.3 Å². The molecule has 0 bridgehead atoms. The maximum atomic E-state index is 2.61. The van der Waals surface area contributed by atoms with E-state index in [-0.39, 0.29) is 0 Å². The van der Waals surface area contributed by atoms with E-state index in [1.54, 1.807) is 0 Å². The summed E-state index contributed by atoms with van der Waals surface area (Å²) in [6.07, 6.45) is 0.564. The molecule has 0 aromatic heterocycles. The molecule has 0 aliphatic carbocycles. The zero-order chi connectivity index (χ0) is 12.3. The fourth-order valence-corrected chi connectivity index (χ4v) is 2.63. The molecule has 3 nitrogen and oxygen atoms in total. The van der Waals surface area contributed by atoms with E-state index in [1.165, 1.54) is 26.2 Å². The first-order chi connectivity index (χ1) is 7.43. The molecule has 0 N–H and O–H groups in total.